The molecule has 0 aliphatic heterocycles. The number of fused-ring (bicyclic) bond motifs is 5. The first-order valence-electron chi connectivity index (χ1n) is 9.86. The van der Waals surface area contributed by atoms with E-state index in [4.69, 9.17) is 21.3 Å². The highest BCUT2D eigenvalue weighted by atomic mass is 35.5. The summed E-state index contributed by atoms with van der Waals surface area (Å²) in [5, 5.41) is 5.28. The van der Waals surface area contributed by atoms with E-state index in [0.29, 0.717) is 5.88 Å². The van der Waals surface area contributed by atoms with E-state index in [0.717, 1.165) is 33.9 Å². The van der Waals surface area contributed by atoms with Gasteiger partial charge in [0.15, 0.2) is 6.23 Å². The smallest absolute Gasteiger partial charge is 0.224 e. The van der Waals surface area contributed by atoms with Gasteiger partial charge in [0.05, 0.1) is 5.52 Å². The molecule has 2 heterocycles. The van der Waals surface area contributed by atoms with Gasteiger partial charge in [0.2, 0.25) is 5.88 Å². The lowest BCUT2D eigenvalue weighted by Crippen LogP contribution is -2.30. The number of ether oxygens (including phenoxy) is 1. The third kappa shape index (κ3) is 2.92. The average Bonchev–Trinajstić information content (AvgIpc) is 3.45. The van der Waals surface area contributed by atoms with E-state index in [1.165, 1.54) is 29.1 Å². The van der Waals surface area contributed by atoms with Crippen LogP contribution in [0.1, 0.15) is 19.8 Å². The monoisotopic (exact) mass is 393 g/mol. The average molecular weight is 394 g/mol. The molecule has 2 aromatic carbocycles. The predicted octanol–water partition coefficient (Wildman–Crippen LogP) is 5.69. The summed E-state index contributed by atoms with van der Waals surface area (Å²) in [5.74, 6) is 1.43. The van der Waals surface area contributed by atoms with Crippen molar-refractivity contribution >= 4 is 44.3 Å². The van der Waals surface area contributed by atoms with Crippen molar-refractivity contribution < 1.29 is 4.74 Å². The molecule has 5 rings (SSSR count). The van der Waals surface area contributed by atoms with E-state index in [-0.39, 0.29) is 6.23 Å². The minimum Gasteiger partial charge on any atom is -0.458 e. The van der Waals surface area contributed by atoms with Crippen LogP contribution >= 0.6 is 11.6 Å². The largest absolute Gasteiger partial charge is 0.458 e. The molecule has 0 bridgehead atoms. The zero-order valence-corrected chi connectivity index (χ0v) is 17.2. The van der Waals surface area contributed by atoms with Gasteiger partial charge in [0.1, 0.15) is 5.65 Å². The summed E-state index contributed by atoms with van der Waals surface area (Å²) in [7, 11) is 4.02. The van der Waals surface area contributed by atoms with Gasteiger partial charge >= 0.3 is 0 Å². The fourth-order valence-electron chi connectivity index (χ4n) is 3.84. The molecule has 2 aromatic heterocycles. The number of halogens is 1. The van der Waals surface area contributed by atoms with Crippen molar-refractivity contribution in [3.05, 3.63) is 47.5 Å². The second-order valence-corrected chi connectivity index (χ2v) is 8.49. The Bertz CT molecular complexity index is 1190. The van der Waals surface area contributed by atoms with Crippen molar-refractivity contribution in [1.82, 2.24) is 14.5 Å². The minimum absolute atomic E-state index is 0.0657. The van der Waals surface area contributed by atoms with Gasteiger partial charge in [-0.1, -0.05) is 29.8 Å². The van der Waals surface area contributed by atoms with Gasteiger partial charge in [0, 0.05) is 27.7 Å². The summed E-state index contributed by atoms with van der Waals surface area (Å²) in [5.41, 5.74) is 2.19. The minimum atomic E-state index is -0.0657. The van der Waals surface area contributed by atoms with Crippen LogP contribution in [0.2, 0.25) is 5.02 Å². The molecule has 0 spiro atoms. The van der Waals surface area contributed by atoms with E-state index >= 15 is 0 Å². The number of benzene rings is 2. The van der Waals surface area contributed by atoms with Crippen LogP contribution in [0, 0.1) is 5.92 Å². The molecule has 144 valence electrons. The van der Waals surface area contributed by atoms with Gasteiger partial charge in [-0.3, -0.25) is 4.90 Å². The van der Waals surface area contributed by atoms with E-state index in [2.05, 4.69) is 34.9 Å². The number of hydrogen-bond donors (Lipinski definition) is 0. The number of hydrogen-bond acceptors (Lipinski definition) is 3. The third-order valence-corrected chi connectivity index (χ3v) is 6.01. The van der Waals surface area contributed by atoms with Gasteiger partial charge in [0.25, 0.3) is 0 Å². The molecule has 4 aromatic rings. The molecule has 5 heteroatoms. The van der Waals surface area contributed by atoms with Crippen LogP contribution in [0.25, 0.3) is 32.7 Å². The molecule has 28 heavy (non-hydrogen) atoms. The summed E-state index contributed by atoms with van der Waals surface area (Å²) < 4.78 is 8.63. The van der Waals surface area contributed by atoms with Crippen molar-refractivity contribution in [1.29, 1.82) is 0 Å². The fourth-order valence-corrected chi connectivity index (χ4v) is 4.01. The van der Waals surface area contributed by atoms with Crippen LogP contribution in [0.5, 0.6) is 5.88 Å². The first-order chi connectivity index (χ1) is 13.5. The summed E-state index contributed by atoms with van der Waals surface area (Å²) in [6, 6.07) is 14.5. The molecule has 1 saturated carbocycles. The number of rotatable bonds is 5. The Kier molecular flexibility index (Phi) is 4.22. The highest BCUT2D eigenvalue weighted by molar-refractivity contribution is 6.32. The maximum Gasteiger partial charge on any atom is 0.224 e. The first kappa shape index (κ1) is 17.8. The highest BCUT2D eigenvalue weighted by Gasteiger charge is 2.26. The second-order valence-electron chi connectivity index (χ2n) is 8.06. The normalized spacial score (nSPS) is 15.8. The maximum absolute atomic E-state index is 6.37. The van der Waals surface area contributed by atoms with Crippen LogP contribution in [0.3, 0.4) is 0 Å². The molecule has 1 aliphatic rings. The van der Waals surface area contributed by atoms with E-state index in [9.17, 15) is 0 Å². The van der Waals surface area contributed by atoms with E-state index < -0.39 is 0 Å². The molecule has 1 aliphatic carbocycles. The van der Waals surface area contributed by atoms with Crippen LogP contribution in [0.15, 0.2) is 42.5 Å². The molecule has 1 unspecified atom stereocenters. The summed E-state index contributed by atoms with van der Waals surface area (Å²) >= 11 is 6.37. The van der Waals surface area contributed by atoms with E-state index in [1.54, 1.807) is 0 Å². The van der Waals surface area contributed by atoms with Crippen LogP contribution in [-0.4, -0.2) is 34.8 Å². The molecule has 4 nitrogen and oxygen atoms in total. The summed E-state index contributed by atoms with van der Waals surface area (Å²) in [6.45, 7) is 3.04. The highest BCUT2D eigenvalue weighted by Crippen LogP contribution is 2.40. The molecule has 0 saturated heterocycles. The van der Waals surface area contributed by atoms with Gasteiger partial charge in [-0.25, -0.2) is 0 Å². The van der Waals surface area contributed by atoms with Crippen LogP contribution in [0.4, 0.5) is 0 Å². The molecular weight excluding hydrogens is 370 g/mol. The standard InChI is InChI=1S/C23H24ClN3O/c1-14(26(2)3)28-23-18-7-5-4-6-17(18)21-19-12-16(24)10-11-20(19)27(22(21)25-23)13-15-8-9-15/h4-7,10-12,14-15H,8-9,13H2,1-3H3. The maximum atomic E-state index is 6.37. The van der Waals surface area contributed by atoms with Crippen LogP contribution in [-0.2, 0) is 6.54 Å². The molecule has 1 fully saturated rings. The molecular formula is C23H24ClN3O. The van der Waals surface area contributed by atoms with Gasteiger partial charge in [-0.05, 0) is 69.4 Å². The van der Waals surface area contributed by atoms with E-state index in [1.807, 2.05) is 38.1 Å². The lowest BCUT2D eigenvalue weighted by Gasteiger charge is -2.21. The Morgan fingerprint density at radius 3 is 2.61 bits per heavy atom. The Hall–Kier alpha value is -2.30. The Morgan fingerprint density at radius 1 is 1.14 bits per heavy atom. The summed E-state index contributed by atoms with van der Waals surface area (Å²) in [6.07, 6.45) is 2.52. The molecule has 0 radical (unpaired) electrons. The van der Waals surface area contributed by atoms with Gasteiger partial charge < -0.3 is 9.30 Å². The number of nitrogens with zero attached hydrogens (tertiary/aromatic N) is 3. The lowest BCUT2D eigenvalue weighted by molar-refractivity contribution is 0.0788. The first-order valence-corrected chi connectivity index (χ1v) is 10.2. The van der Waals surface area contributed by atoms with Crippen molar-refractivity contribution in [3.8, 4) is 5.88 Å². The van der Waals surface area contributed by atoms with Crippen molar-refractivity contribution in [2.75, 3.05) is 14.1 Å². The lowest BCUT2D eigenvalue weighted by atomic mass is 10.1. The van der Waals surface area contributed by atoms with Gasteiger partial charge in [-0.15, -0.1) is 0 Å². The van der Waals surface area contributed by atoms with Crippen molar-refractivity contribution in [2.45, 2.75) is 32.5 Å². The number of aromatic nitrogens is 2. The summed E-state index contributed by atoms with van der Waals surface area (Å²) in [4.78, 5) is 7.09. The SMILES string of the molecule is CC(Oc1nc2c(c3ccccc13)c1cc(Cl)ccc1n2CC1CC1)N(C)C. The van der Waals surface area contributed by atoms with Gasteiger partial charge in [-0.2, -0.15) is 4.98 Å². The Balaban J connectivity index is 1.86. The van der Waals surface area contributed by atoms with Crippen LogP contribution < -0.4 is 4.74 Å². The molecule has 0 amide bonds. The zero-order chi connectivity index (χ0) is 19.4. The second kappa shape index (κ2) is 6.64. The quantitative estimate of drug-likeness (QED) is 0.408. The topological polar surface area (TPSA) is 30.3 Å². The predicted molar refractivity (Wildman–Crippen MR) is 116 cm³/mol. The Morgan fingerprint density at radius 2 is 1.89 bits per heavy atom. The Labute approximate surface area is 169 Å². The zero-order valence-electron chi connectivity index (χ0n) is 16.4. The number of pyridine rings is 1. The van der Waals surface area contributed by atoms with Crippen molar-refractivity contribution in [3.63, 3.8) is 0 Å². The van der Waals surface area contributed by atoms with Crippen molar-refractivity contribution in [2.24, 2.45) is 5.92 Å². The molecule has 1 atom stereocenters. The molecule has 0 N–H and O–H groups in total. The third-order valence-electron chi connectivity index (χ3n) is 5.78. The fraction of sp³-hybridized carbons (Fsp3) is 0.348.